The maximum absolute atomic E-state index is 14.9. The highest BCUT2D eigenvalue weighted by Gasteiger charge is 2.41. The Balaban J connectivity index is 1.87. The topological polar surface area (TPSA) is 109 Å². The van der Waals surface area contributed by atoms with Gasteiger partial charge < -0.3 is 0 Å². The van der Waals surface area contributed by atoms with Gasteiger partial charge in [0, 0.05) is 15.6 Å². The summed E-state index contributed by atoms with van der Waals surface area (Å²) in [6.07, 6.45) is 2.71. The van der Waals surface area contributed by atoms with E-state index in [2.05, 4.69) is 46.2 Å². The number of hydrogen-bond acceptors (Lipinski definition) is 5. The first-order valence-corrected chi connectivity index (χ1v) is 7.59. The van der Waals surface area contributed by atoms with Gasteiger partial charge in [-0.15, -0.1) is 10.2 Å². The average Bonchev–Trinajstić information content (AvgIpc) is 3.17. The second-order valence-electron chi connectivity index (χ2n) is 4.98. The van der Waals surface area contributed by atoms with E-state index in [4.69, 9.17) is 5.53 Å². The van der Waals surface area contributed by atoms with Gasteiger partial charge in [0.15, 0.2) is 11.3 Å². The van der Waals surface area contributed by atoms with Crippen molar-refractivity contribution in [1.82, 2.24) is 29.2 Å². The van der Waals surface area contributed by atoms with Crippen molar-refractivity contribution in [3.8, 4) is 0 Å². The van der Waals surface area contributed by atoms with Crippen LogP contribution < -0.4 is 0 Å². The minimum atomic E-state index is -3.50. The molecule has 124 valence electrons. The maximum Gasteiger partial charge on any atom is 0.350 e. The third-order valence-corrected chi connectivity index (χ3v) is 3.89. The van der Waals surface area contributed by atoms with Crippen molar-refractivity contribution >= 4 is 33.0 Å². The standard InChI is InChI=1S/C13H6BrF2N9/c14-7-1-3-11-20-21-12(24(11)5-7)13(15,16)8-2-4-10-18-9(19-23-17)6-25(10)22-8/h1-6H. The number of aromatic nitrogens is 6. The van der Waals surface area contributed by atoms with E-state index in [1.165, 1.54) is 22.9 Å². The van der Waals surface area contributed by atoms with Gasteiger partial charge >= 0.3 is 5.92 Å². The van der Waals surface area contributed by atoms with Crippen LogP contribution in [0.4, 0.5) is 14.6 Å². The highest BCUT2D eigenvalue weighted by Crippen LogP contribution is 2.34. The maximum atomic E-state index is 14.9. The summed E-state index contributed by atoms with van der Waals surface area (Å²) >= 11 is 3.24. The highest BCUT2D eigenvalue weighted by atomic mass is 79.9. The molecular formula is C13H6BrF2N9. The number of rotatable bonds is 3. The van der Waals surface area contributed by atoms with Crippen molar-refractivity contribution in [3.05, 3.63) is 63.1 Å². The molecule has 4 aromatic heterocycles. The van der Waals surface area contributed by atoms with Crippen molar-refractivity contribution in [3.63, 3.8) is 0 Å². The lowest BCUT2D eigenvalue weighted by Crippen LogP contribution is -2.22. The van der Waals surface area contributed by atoms with Crippen LogP contribution in [0.1, 0.15) is 11.5 Å². The third kappa shape index (κ3) is 2.47. The molecule has 9 nitrogen and oxygen atoms in total. The molecular weight excluding hydrogens is 400 g/mol. The average molecular weight is 406 g/mol. The van der Waals surface area contributed by atoms with E-state index >= 15 is 0 Å². The Labute approximate surface area is 145 Å². The fraction of sp³-hybridized carbons (Fsp3) is 0.0769. The van der Waals surface area contributed by atoms with Crippen LogP contribution in [0.3, 0.4) is 0 Å². The molecule has 0 fully saturated rings. The molecule has 0 radical (unpaired) electrons. The third-order valence-electron chi connectivity index (χ3n) is 3.42. The van der Waals surface area contributed by atoms with E-state index in [1.807, 2.05) is 0 Å². The van der Waals surface area contributed by atoms with Gasteiger partial charge in [0.25, 0.3) is 0 Å². The van der Waals surface area contributed by atoms with Crippen molar-refractivity contribution in [2.24, 2.45) is 5.11 Å². The molecule has 0 amide bonds. The van der Waals surface area contributed by atoms with Gasteiger partial charge in [-0.1, -0.05) is 0 Å². The van der Waals surface area contributed by atoms with E-state index in [1.54, 1.807) is 12.1 Å². The summed E-state index contributed by atoms with van der Waals surface area (Å²) in [5.41, 5.74) is 8.44. The van der Waals surface area contributed by atoms with Gasteiger partial charge in [-0.3, -0.25) is 4.40 Å². The van der Waals surface area contributed by atoms with Crippen LogP contribution in [0.25, 0.3) is 21.7 Å². The monoisotopic (exact) mass is 405 g/mol. The van der Waals surface area contributed by atoms with Gasteiger partial charge in [-0.2, -0.15) is 13.9 Å². The van der Waals surface area contributed by atoms with Crippen LogP contribution in [0.2, 0.25) is 0 Å². The van der Waals surface area contributed by atoms with Gasteiger partial charge in [0.1, 0.15) is 11.5 Å². The van der Waals surface area contributed by atoms with Crippen molar-refractivity contribution in [2.45, 2.75) is 5.92 Å². The molecule has 0 aliphatic carbocycles. The van der Waals surface area contributed by atoms with Crippen LogP contribution in [0, 0.1) is 0 Å². The number of nitrogens with zero attached hydrogens (tertiary/aromatic N) is 9. The van der Waals surface area contributed by atoms with Gasteiger partial charge in [-0.05, 0) is 50.8 Å². The van der Waals surface area contributed by atoms with Crippen molar-refractivity contribution < 1.29 is 8.78 Å². The Morgan fingerprint density at radius 1 is 1.12 bits per heavy atom. The lowest BCUT2D eigenvalue weighted by Gasteiger charge is -2.13. The van der Waals surface area contributed by atoms with Crippen LogP contribution in [-0.2, 0) is 5.92 Å². The molecule has 12 heteroatoms. The Kier molecular flexibility index (Phi) is 3.37. The SMILES string of the molecule is [N-]=[N+]=Nc1cn2nc(C(F)(F)c3nnc4ccc(Br)cn34)ccc2n1. The van der Waals surface area contributed by atoms with E-state index in [9.17, 15) is 8.78 Å². The number of pyridine rings is 1. The summed E-state index contributed by atoms with van der Waals surface area (Å²) in [6.45, 7) is 0. The van der Waals surface area contributed by atoms with Gasteiger partial charge in [-0.25, -0.2) is 9.50 Å². The molecule has 0 N–H and O–H groups in total. The first-order valence-electron chi connectivity index (χ1n) is 6.79. The zero-order chi connectivity index (χ0) is 17.6. The predicted molar refractivity (Wildman–Crippen MR) is 85.5 cm³/mol. The molecule has 0 aliphatic rings. The number of hydrogen-bond donors (Lipinski definition) is 0. The van der Waals surface area contributed by atoms with E-state index in [-0.39, 0.29) is 17.1 Å². The summed E-state index contributed by atoms with van der Waals surface area (Å²) in [7, 11) is 0. The second kappa shape index (κ2) is 5.46. The van der Waals surface area contributed by atoms with Gasteiger partial charge in [0.05, 0.1) is 6.20 Å². The molecule has 4 aromatic rings. The Morgan fingerprint density at radius 3 is 2.72 bits per heavy atom. The largest absolute Gasteiger partial charge is 0.350 e. The Hall–Kier alpha value is -3.11. The summed E-state index contributed by atoms with van der Waals surface area (Å²) in [4.78, 5) is 6.55. The molecule has 0 atom stereocenters. The number of azide groups is 1. The van der Waals surface area contributed by atoms with Crippen LogP contribution in [-0.4, -0.2) is 29.2 Å². The van der Waals surface area contributed by atoms with Crippen molar-refractivity contribution in [1.29, 1.82) is 0 Å². The highest BCUT2D eigenvalue weighted by molar-refractivity contribution is 9.10. The first kappa shape index (κ1) is 15.4. The zero-order valence-corrected chi connectivity index (χ0v) is 13.7. The summed E-state index contributed by atoms with van der Waals surface area (Å²) in [5, 5.41) is 14.6. The predicted octanol–water partition coefficient (Wildman–Crippen LogP) is 3.62. The number of halogens is 3. The molecule has 0 saturated heterocycles. The molecule has 0 saturated carbocycles. The molecule has 0 unspecified atom stereocenters. The van der Waals surface area contributed by atoms with E-state index < -0.39 is 17.4 Å². The molecule has 0 spiro atoms. The summed E-state index contributed by atoms with van der Waals surface area (Å²) < 4.78 is 32.8. The number of fused-ring (bicyclic) bond motifs is 2. The first-order chi connectivity index (χ1) is 12.0. The minimum Gasteiger partial charge on any atom is -0.280 e. The van der Waals surface area contributed by atoms with Gasteiger partial charge in [0.2, 0.25) is 5.82 Å². The normalized spacial score (nSPS) is 11.8. The van der Waals surface area contributed by atoms with Crippen LogP contribution in [0.5, 0.6) is 0 Å². The molecule has 0 bridgehead atoms. The fourth-order valence-electron chi connectivity index (χ4n) is 2.32. The quantitative estimate of drug-likeness (QED) is 0.294. The van der Waals surface area contributed by atoms with E-state index in [0.717, 1.165) is 10.6 Å². The molecule has 0 aliphatic heterocycles. The van der Waals surface area contributed by atoms with Crippen molar-refractivity contribution in [2.75, 3.05) is 0 Å². The summed E-state index contributed by atoms with van der Waals surface area (Å²) in [5.74, 6) is -4.03. The molecule has 4 rings (SSSR count). The molecule has 0 aromatic carbocycles. The summed E-state index contributed by atoms with van der Waals surface area (Å²) in [6, 6.07) is 5.74. The molecule has 4 heterocycles. The Morgan fingerprint density at radius 2 is 1.92 bits per heavy atom. The van der Waals surface area contributed by atoms with Crippen LogP contribution >= 0.6 is 15.9 Å². The fourth-order valence-corrected chi connectivity index (χ4v) is 2.66. The second-order valence-corrected chi connectivity index (χ2v) is 5.90. The number of imidazole rings is 1. The number of alkyl halides is 2. The van der Waals surface area contributed by atoms with Crippen LogP contribution in [0.15, 0.2) is 46.2 Å². The smallest absolute Gasteiger partial charge is 0.280 e. The lowest BCUT2D eigenvalue weighted by atomic mass is 10.2. The minimum absolute atomic E-state index is 0.0346. The lowest BCUT2D eigenvalue weighted by molar-refractivity contribution is 0.0258. The van der Waals surface area contributed by atoms with E-state index in [0.29, 0.717) is 4.47 Å². The molecule has 25 heavy (non-hydrogen) atoms. The Bertz CT molecular complexity index is 1160. The zero-order valence-electron chi connectivity index (χ0n) is 12.1.